The molecule has 0 bridgehead atoms. The lowest BCUT2D eigenvalue weighted by atomic mass is 9.97. The minimum atomic E-state index is -0.739. The zero-order chi connectivity index (χ0) is 11.6. The van der Waals surface area contributed by atoms with Crippen LogP contribution in [0, 0.1) is 0 Å². The molecule has 2 atom stereocenters. The summed E-state index contributed by atoms with van der Waals surface area (Å²) in [6, 6.07) is 9.79. The number of epoxide rings is 1. The summed E-state index contributed by atoms with van der Waals surface area (Å²) in [4.78, 5) is 11.8. The van der Waals surface area contributed by atoms with Crippen LogP contribution in [0.2, 0.25) is 0 Å². The summed E-state index contributed by atoms with van der Waals surface area (Å²) < 4.78 is 10.6. The monoisotopic (exact) mass is 220 g/mol. The first-order valence-electron chi connectivity index (χ1n) is 5.64. The van der Waals surface area contributed by atoms with E-state index < -0.39 is 5.60 Å². The molecule has 0 N–H and O–H groups in total. The Bertz CT molecular complexity index is 374. The number of esters is 1. The Morgan fingerprint density at radius 1 is 1.38 bits per heavy atom. The van der Waals surface area contributed by atoms with Gasteiger partial charge in [0.05, 0.1) is 6.61 Å². The number of ether oxygens (including phenoxy) is 2. The maximum absolute atomic E-state index is 11.8. The van der Waals surface area contributed by atoms with Gasteiger partial charge < -0.3 is 9.47 Å². The standard InChI is InChI=1S/C13H16O3/c1-3-13(12(14)15-4-2)11(16-13)10-8-6-5-7-9-10/h5-9,11H,3-4H2,1-2H3. The maximum Gasteiger partial charge on any atom is 0.341 e. The van der Waals surface area contributed by atoms with Gasteiger partial charge >= 0.3 is 5.97 Å². The van der Waals surface area contributed by atoms with E-state index in [2.05, 4.69) is 0 Å². The van der Waals surface area contributed by atoms with Gasteiger partial charge in [-0.15, -0.1) is 0 Å². The lowest BCUT2D eigenvalue weighted by Crippen LogP contribution is -2.27. The fourth-order valence-electron chi connectivity index (χ4n) is 1.96. The molecule has 1 saturated heterocycles. The van der Waals surface area contributed by atoms with Gasteiger partial charge in [0.2, 0.25) is 0 Å². The van der Waals surface area contributed by atoms with E-state index >= 15 is 0 Å². The highest BCUT2D eigenvalue weighted by molar-refractivity contribution is 5.83. The van der Waals surface area contributed by atoms with Crippen LogP contribution in [0.15, 0.2) is 30.3 Å². The molecule has 0 aromatic heterocycles. The van der Waals surface area contributed by atoms with E-state index in [-0.39, 0.29) is 12.1 Å². The Hall–Kier alpha value is -1.35. The fourth-order valence-corrected chi connectivity index (χ4v) is 1.96. The van der Waals surface area contributed by atoms with Gasteiger partial charge in [0.1, 0.15) is 6.10 Å². The average molecular weight is 220 g/mol. The highest BCUT2D eigenvalue weighted by Gasteiger charge is 2.63. The Labute approximate surface area is 95.4 Å². The molecule has 2 unspecified atom stereocenters. The summed E-state index contributed by atoms with van der Waals surface area (Å²) in [6.07, 6.45) is 0.503. The minimum absolute atomic E-state index is 0.141. The molecule has 1 aromatic carbocycles. The van der Waals surface area contributed by atoms with Crippen molar-refractivity contribution >= 4 is 5.97 Å². The normalized spacial score (nSPS) is 27.5. The summed E-state index contributed by atoms with van der Waals surface area (Å²) in [7, 11) is 0. The third kappa shape index (κ3) is 1.71. The van der Waals surface area contributed by atoms with Crippen LogP contribution in [0.1, 0.15) is 31.9 Å². The van der Waals surface area contributed by atoms with E-state index in [1.54, 1.807) is 6.92 Å². The third-order valence-corrected chi connectivity index (χ3v) is 2.94. The van der Waals surface area contributed by atoms with E-state index in [0.717, 1.165) is 5.56 Å². The van der Waals surface area contributed by atoms with Gasteiger partial charge in [-0.2, -0.15) is 0 Å². The zero-order valence-electron chi connectivity index (χ0n) is 9.60. The zero-order valence-corrected chi connectivity index (χ0v) is 9.60. The van der Waals surface area contributed by atoms with Crippen molar-refractivity contribution in [3.8, 4) is 0 Å². The molecule has 1 aliphatic rings. The molecular formula is C13H16O3. The Kier molecular flexibility index (Phi) is 2.97. The first-order chi connectivity index (χ1) is 7.74. The van der Waals surface area contributed by atoms with Gasteiger partial charge in [-0.05, 0) is 18.9 Å². The molecule has 0 spiro atoms. The van der Waals surface area contributed by atoms with Gasteiger partial charge in [0, 0.05) is 0 Å². The van der Waals surface area contributed by atoms with Gasteiger partial charge in [-0.25, -0.2) is 4.79 Å². The highest BCUT2D eigenvalue weighted by Crippen LogP contribution is 2.52. The SMILES string of the molecule is CCOC(=O)C1(CC)OC1c1ccccc1. The number of hydrogen-bond acceptors (Lipinski definition) is 3. The summed E-state index contributed by atoms with van der Waals surface area (Å²) >= 11 is 0. The quantitative estimate of drug-likeness (QED) is 0.578. The molecule has 1 aliphatic heterocycles. The van der Waals surface area contributed by atoms with Crippen LogP contribution < -0.4 is 0 Å². The smallest absolute Gasteiger partial charge is 0.341 e. The maximum atomic E-state index is 11.8. The van der Waals surface area contributed by atoms with E-state index in [1.165, 1.54) is 0 Å². The molecule has 0 radical (unpaired) electrons. The summed E-state index contributed by atoms with van der Waals surface area (Å²) in [5, 5.41) is 0. The van der Waals surface area contributed by atoms with Crippen molar-refractivity contribution in [2.75, 3.05) is 6.61 Å². The lowest BCUT2D eigenvalue weighted by molar-refractivity contribution is -0.149. The molecule has 3 heteroatoms. The molecule has 0 aliphatic carbocycles. The van der Waals surface area contributed by atoms with Crippen molar-refractivity contribution < 1.29 is 14.3 Å². The Morgan fingerprint density at radius 2 is 2.06 bits per heavy atom. The number of hydrogen-bond donors (Lipinski definition) is 0. The van der Waals surface area contributed by atoms with Crippen molar-refractivity contribution in [2.45, 2.75) is 32.0 Å². The second-order valence-corrected chi connectivity index (χ2v) is 3.87. The Morgan fingerprint density at radius 3 is 2.62 bits per heavy atom. The summed E-state index contributed by atoms with van der Waals surface area (Å²) in [5.74, 6) is -0.244. The van der Waals surface area contributed by atoms with Gasteiger partial charge in [0.25, 0.3) is 0 Å². The second-order valence-electron chi connectivity index (χ2n) is 3.87. The van der Waals surface area contributed by atoms with Crippen LogP contribution in [0.25, 0.3) is 0 Å². The van der Waals surface area contributed by atoms with Crippen molar-refractivity contribution in [3.63, 3.8) is 0 Å². The van der Waals surface area contributed by atoms with Crippen LogP contribution in [-0.2, 0) is 14.3 Å². The van der Waals surface area contributed by atoms with Crippen LogP contribution >= 0.6 is 0 Å². The molecular weight excluding hydrogens is 204 g/mol. The fraction of sp³-hybridized carbons (Fsp3) is 0.462. The molecule has 0 amide bonds. The topological polar surface area (TPSA) is 38.8 Å². The number of benzene rings is 1. The molecule has 1 aromatic rings. The lowest BCUT2D eigenvalue weighted by Gasteiger charge is -2.08. The molecule has 1 heterocycles. The summed E-state index contributed by atoms with van der Waals surface area (Å²) in [5.41, 5.74) is 0.301. The number of rotatable bonds is 4. The third-order valence-electron chi connectivity index (χ3n) is 2.94. The molecule has 0 saturated carbocycles. The van der Waals surface area contributed by atoms with Crippen LogP contribution in [0.5, 0.6) is 0 Å². The van der Waals surface area contributed by atoms with Crippen LogP contribution in [-0.4, -0.2) is 18.2 Å². The molecule has 1 fully saturated rings. The predicted molar refractivity (Wildman–Crippen MR) is 59.9 cm³/mol. The second kappa shape index (κ2) is 4.26. The number of carbonyl (C=O) groups excluding carboxylic acids is 1. The first-order valence-corrected chi connectivity index (χ1v) is 5.64. The first kappa shape index (κ1) is 11.1. The molecule has 86 valence electrons. The largest absolute Gasteiger partial charge is 0.464 e. The summed E-state index contributed by atoms with van der Waals surface area (Å²) in [6.45, 7) is 4.15. The highest BCUT2D eigenvalue weighted by atomic mass is 16.7. The van der Waals surface area contributed by atoms with Crippen molar-refractivity contribution in [1.82, 2.24) is 0 Å². The van der Waals surface area contributed by atoms with Gasteiger partial charge in [-0.1, -0.05) is 37.3 Å². The van der Waals surface area contributed by atoms with Crippen molar-refractivity contribution in [3.05, 3.63) is 35.9 Å². The van der Waals surface area contributed by atoms with E-state index in [9.17, 15) is 4.79 Å². The Balaban J connectivity index is 2.14. The van der Waals surface area contributed by atoms with Gasteiger partial charge in [0.15, 0.2) is 5.60 Å². The van der Waals surface area contributed by atoms with Crippen LogP contribution in [0.4, 0.5) is 0 Å². The van der Waals surface area contributed by atoms with Crippen molar-refractivity contribution in [1.29, 1.82) is 0 Å². The van der Waals surface area contributed by atoms with Crippen molar-refractivity contribution in [2.24, 2.45) is 0 Å². The number of carbonyl (C=O) groups is 1. The molecule has 16 heavy (non-hydrogen) atoms. The van der Waals surface area contributed by atoms with E-state index in [1.807, 2.05) is 37.3 Å². The molecule has 2 rings (SSSR count). The van der Waals surface area contributed by atoms with Gasteiger partial charge in [-0.3, -0.25) is 0 Å². The van der Waals surface area contributed by atoms with E-state index in [0.29, 0.717) is 13.0 Å². The average Bonchev–Trinajstić information content (AvgIpc) is 3.06. The minimum Gasteiger partial charge on any atom is -0.464 e. The predicted octanol–water partition coefficient (Wildman–Crippen LogP) is 2.47. The van der Waals surface area contributed by atoms with Crippen LogP contribution in [0.3, 0.4) is 0 Å². The molecule has 3 nitrogen and oxygen atoms in total. The van der Waals surface area contributed by atoms with E-state index in [4.69, 9.17) is 9.47 Å².